The molecule has 0 saturated carbocycles. The van der Waals surface area contributed by atoms with Gasteiger partial charge in [-0.1, -0.05) is 95.2 Å². The van der Waals surface area contributed by atoms with Gasteiger partial charge in [0.25, 0.3) is 5.78 Å². The number of thiazole rings is 1. The van der Waals surface area contributed by atoms with Crippen LogP contribution in [0.15, 0.2) is 103 Å². The Morgan fingerprint density at radius 1 is 0.975 bits per heavy atom. The lowest BCUT2D eigenvalue weighted by molar-refractivity contribution is -0.132. The summed E-state index contributed by atoms with van der Waals surface area (Å²) in [5.41, 5.74) is 3.80. The third-order valence-electron chi connectivity index (χ3n) is 6.76. The second-order valence-corrected chi connectivity index (χ2v) is 10.9. The van der Waals surface area contributed by atoms with Crippen LogP contribution in [0, 0.1) is 6.92 Å². The second kappa shape index (κ2) is 10.6. The zero-order valence-electron chi connectivity index (χ0n) is 21.4. The predicted molar refractivity (Wildman–Crippen MR) is 158 cm³/mol. The fourth-order valence-electron chi connectivity index (χ4n) is 4.69. The Hall–Kier alpha value is -4.46. The van der Waals surface area contributed by atoms with Crippen LogP contribution >= 0.6 is 22.9 Å². The Labute approximate surface area is 239 Å². The summed E-state index contributed by atoms with van der Waals surface area (Å²) in [6.07, 6.45) is 0. The van der Waals surface area contributed by atoms with Gasteiger partial charge in [0.05, 0.1) is 21.8 Å². The number of carbonyl (C=O) groups is 2. The number of fused-ring (bicyclic) bond motifs is 1. The zero-order valence-corrected chi connectivity index (χ0v) is 22.9. The Morgan fingerprint density at radius 2 is 1.70 bits per heavy atom. The Balaban J connectivity index is 1.43. The van der Waals surface area contributed by atoms with Crippen LogP contribution in [0.5, 0.6) is 5.75 Å². The van der Waals surface area contributed by atoms with Crippen LogP contribution in [0.1, 0.15) is 28.3 Å². The molecule has 40 heavy (non-hydrogen) atoms. The molecule has 1 aromatic heterocycles. The van der Waals surface area contributed by atoms with E-state index in [0.29, 0.717) is 39.2 Å². The molecular formula is C32H23ClN2O4S. The molecule has 1 unspecified atom stereocenters. The van der Waals surface area contributed by atoms with Gasteiger partial charge >= 0.3 is 5.91 Å². The minimum Gasteiger partial charge on any atom is -0.507 e. The predicted octanol–water partition coefficient (Wildman–Crippen LogP) is 7.46. The normalized spacial score (nSPS) is 16.6. The number of Topliss-reactive ketones (excluding diaryl/α,β-unsaturated/α-hetero) is 1. The van der Waals surface area contributed by atoms with Crippen molar-refractivity contribution in [2.75, 3.05) is 4.90 Å². The van der Waals surface area contributed by atoms with Crippen molar-refractivity contribution < 1.29 is 19.4 Å². The number of ketones is 1. The van der Waals surface area contributed by atoms with Gasteiger partial charge in [-0.2, -0.15) is 0 Å². The van der Waals surface area contributed by atoms with E-state index in [4.69, 9.17) is 16.3 Å². The van der Waals surface area contributed by atoms with Crippen LogP contribution in [0.3, 0.4) is 0 Å². The molecule has 2 heterocycles. The van der Waals surface area contributed by atoms with E-state index in [9.17, 15) is 14.7 Å². The first kappa shape index (κ1) is 25.8. The smallest absolute Gasteiger partial charge is 0.301 e. The third-order valence-corrected chi connectivity index (χ3v) is 8.01. The number of amides is 1. The summed E-state index contributed by atoms with van der Waals surface area (Å²) in [6, 6.07) is 28.6. The highest BCUT2D eigenvalue weighted by molar-refractivity contribution is 7.22. The van der Waals surface area contributed by atoms with E-state index in [2.05, 4.69) is 4.98 Å². The number of hydrogen-bond acceptors (Lipinski definition) is 6. The van der Waals surface area contributed by atoms with Crippen molar-refractivity contribution in [2.45, 2.75) is 19.6 Å². The van der Waals surface area contributed by atoms with Crippen LogP contribution in [-0.4, -0.2) is 21.8 Å². The average Bonchev–Trinajstić information content (AvgIpc) is 3.50. The molecule has 1 amide bonds. The Morgan fingerprint density at radius 3 is 2.42 bits per heavy atom. The molecular weight excluding hydrogens is 544 g/mol. The van der Waals surface area contributed by atoms with Crippen LogP contribution in [0.25, 0.3) is 16.0 Å². The molecule has 198 valence electrons. The van der Waals surface area contributed by atoms with Crippen LogP contribution in [0.2, 0.25) is 5.02 Å². The number of nitrogens with zero attached hydrogens (tertiary/aromatic N) is 2. The lowest BCUT2D eigenvalue weighted by Gasteiger charge is -2.23. The summed E-state index contributed by atoms with van der Waals surface area (Å²) < 4.78 is 6.72. The van der Waals surface area contributed by atoms with Crippen molar-refractivity contribution in [3.63, 3.8) is 0 Å². The van der Waals surface area contributed by atoms with Crippen molar-refractivity contribution in [1.82, 2.24) is 4.98 Å². The summed E-state index contributed by atoms with van der Waals surface area (Å²) >= 11 is 7.44. The quantitative estimate of drug-likeness (QED) is 0.131. The minimum absolute atomic E-state index is 0.00379. The van der Waals surface area contributed by atoms with Gasteiger partial charge in [0, 0.05) is 10.6 Å². The monoisotopic (exact) mass is 566 g/mol. The van der Waals surface area contributed by atoms with E-state index < -0.39 is 17.7 Å². The van der Waals surface area contributed by atoms with Crippen molar-refractivity contribution in [3.8, 4) is 5.75 Å². The molecule has 1 saturated heterocycles. The number of aliphatic hydroxyl groups excluding tert-OH is 1. The van der Waals surface area contributed by atoms with Crippen LogP contribution in [0.4, 0.5) is 5.13 Å². The van der Waals surface area contributed by atoms with Crippen molar-refractivity contribution in [2.24, 2.45) is 0 Å². The Kier molecular flexibility index (Phi) is 6.84. The number of aromatic nitrogens is 1. The SMILES string of the molecule is Cc1ccc(/C(O)=C2\C(=O)C(=O)N(c3nc4ccc(Cl)cc4s3)C2c2ccc(OCc3ccccc3)cc2)cc1. The number of carbonyl (C=O) groups excluding carboxylic acids is 2. The maximum Gasteiger partial charge on any atom is 0.301 e. The molecule has 0 bridgehead atoms. The van der Waals surface area contributed by atoms with Crippen LogP contribution < -0.4 is 9.64 Å². The number of halogens is 1. The first-order valence-electron chi connectivity index (χ1n) is 12.6. The first-order chi connectivity index (χ1) is 19.4. The van der Waals surface area contributed by atoms with Gasteiger partial charge in [-0.3, -0.25) is 14.5 Å². The fourth-order valence-corrected chi connectivity index (χ4v) is 5.96. The molecule has 8 heteroatoms. The molecule has 0 radical (unpaired) electrons. The molecule has 1 atom stereocenters. The van der Waals surface area contributed by atoms with Gasteiger partial charge in [0.15, 0.2) is 5.13 Å². The van der Waals surface area contributed by atoms with E-state index >= 15 is 0 Å². The fraction of sp³-hybridized carbons (Fsp3) is 0.0938. The number of aliphatic hydroxyl groups is 1. The highest BCUT2D eigenvalue weighted by Crippen LogP contribution is 2.44. The van der Waals surface area contributed by atoms with Gasteiger partial charge in [0.2, 0.25) is 0 Å². The third kappa shape index (κ3) is 4.85. The Bertz CT molecular complexity index is 1760. The zero-order chi connectivity index (χ0) is 27.8. The van der Waals surface area contributed by atoms with E-state index in [1.807, 2.05) is 49.4 Å². The largest absolute Gasteiger partial charge is 0.507 e. The lowest BCUT2D eigenvalue weighted by Crippen LogP contribution is -2.29. The van der Waals surface area contributed by atoms with Crippen molar-refractivity contribution in [1.29, 1.82) is 0 Å². The van der Waals surface area contributed by atoms with Crippen molar-refractivity contribution in [3.05, 3.63) is 130 Å². The number of rotatable bonds is 6. The molecule has 6 rings (SSSR count). The molecule has 1 aliphatic rings. The lowest BCUT2D eigenvalue weighted by atomic mass is 9.95. The number of aryl methyl sites for hydroxylation is 1. The summed E-state index contributed by atoms with van der Waals surface area (Å²) in [5, 5.41) is 12.2. The number of benzene rings is 4. The summed E-state index contributed by atoms with van der Waals surface area (Å²) in [7, 11) is 0. The molecule has 1 aliphatic heterocycles. The summed E-state index contributed by atoms with van der Waals surface area (Å²) in [5.74, 6) is -1.13. The average molecular weight is 567 g/mol. The van der Waals surface area contributed by atoms with Crippen molar-refractivity contribution >= 4 is 55.7 Å². The molecule has 5 aromatic rings. The minimum atomic E-state index is -0.888. The van der Waals surface area contributed by atoms with Gasteiger partial charge in [-0.25, -0.2) is 4.98 Å². The van der Waals surface area contributed by atoms with Crippen LogP contribution in [-0.2, 0) is 16.2 Å². The summed E-state index contributed by atoms with van der Waals surface area (Å²) in [4.78, 5) is 33.0. The highest BCUT2D eigenvalue weighted by atomic mass is 35.5. The van der Waals surface area contributed by atoms with E-state index in [1.165, 1.54) is 16.2 Å². The second-order valence-electron chi connectivity index (χ2n) is 9.49. The number of ether oxygens (including phenoxy) is 1. The maximum absolute atomic E-state index is 13.5. The van der Waals surface area contributed by atoms with E-state index in [-0.39, 0.29) is 11.3 Å². The number of anilines is 1. The van der Waals surface area contributed by atoms with Gasteiger partial charge in [0.1, 0.15) is 18.1 Å². The molecule has 1 fully saturated rings. The molecule has 6 nitrogen and oxygen atoms in total. The molecule has 4 aromatic carbocycles. The molecule has 0 spiro atoms. The van der Waals surface area contributed by atoms with E-state index in [1.54, 1.807) is 54.6 Å². The van der Waals surface area contributed by atoms with Gasteiger partial charge < -0.3 is 9.84 Å². The standard InChI is InChI=1S/C32H23ClN2O4S/c1-19-7-9-22(10-8-19)29(36)27-28(21-11-14-24(15-12-21)39-18-20-5-3-2-4-6-20)35(31(38)30(27)37)32-34-25-16-13-23(33)17-26(25)40-32/h2-17,28,36H,18H2,1H3/b29-27+. The van der Waals surface area contributed by atoms with E-state index in [0.717, 1.165) is 15.8 Å². The first-order valence-corrected chi connectivity index (χ1v) is 13.8. The topological polar surface area (TPSA) is 79.7 Å². The summed E-state index contributed by atoms with van der Waals surface area (Å²) in [6.45, 7) is 2.34. The highest BCUT2D eigenvalue weighted by Gasteiger charge is 2.48. The van der Waals surface area contributed by atoms with Gasteiger partial charge in [-0.05, 0) is 48.4 Å². The van der Waals surface area contributed by atoms with Gasteiger partial charge in [-0.15, -0.1) is 0 Å². The number of hydrogen-bond donors (Lipinski definition) is 1. The maximum atomic E-state index is 13.5. The molecule has 0 aliphatic carbocycles. The molecule has 1 N–H and O–H groups in total.